The molecule has 1 unspecified atom stereocenters. The van der Waals surface area contributed by atoms with Gasteiger partial charge in [0.15, 0.2) is 0 Å². The molecule has 2 nitrogen and oxygen atoms in total. The van der Waals surface area contributed by atoms with Crippen molar-refractivity contribution >= 4 is 0 Å². The maximum Gasteiger partial charge on any atom is 0.142 e. The molecule has 1 atom stereocenters. The fraction of sp³-hybridized carbons (Fsp3) is 0.727. The Hall–Kier alpha value is -1.02. The van der Waals surface area contributed by atoms with Gasteiger partial charge in [-0.15, -0.1) is 0 Å². The molecule has 0 N–H and O–H groups in total. The van der Waals surface area contributed by atoms with Crippen LogP contribution in [0, 0.1) is 5.92 Å². The second-order valence-corrected chi connectivity index (χ2v) is 7.43. The van der Waals surface area contributed by atoms with Crippen molar-refractivity contribution in [3.8, 4) is 5.75 Å². The number of hydrogen-bond donors (Lipinski definition) is 0. The normalized spacial score (nSPS) is 15.8. The smallest absolute Gasteiger partial charge is 0.142 e. The van der Waals surface area contributed by atoms with Crippen molar-refractivity contribution in [1.29, 1.82) is 0 Å². The molecule has 2 heteroatoms. The first-order valence-electron chi connectivity index (χ1n) is 10.3. The van der Waals surface area contributed by atoms with E-state index < -0.39 is 0 Å². The highest BCUT2D eigenvalue weighted by Gasteiger charge is 2.18. The number of rotatable bonds is 12. The molecule has 1 heterocycles. The van der Waals surface area contributed by atoms with Gasteiger partial charge in [0.05, 0.1) is 0 Å². The zero-order valence-corrected chi connectivity index (χ0v) is 15.9. The molecular formula is C22H37NO. The summed E-state index contributed by atoms with van der Waals surface area (Å²) in [6, 6.07) is 8.47. The SMILES string of the molecule is CCCCCCC(CCCCC)CCN1COc2ccccc2C1. The summed E-state index contributed by atoms with van der Waals surface area (Å²) in [4.78, 5) is 2.47. The molecular weight excluding hydrogens is 294 g/mol. The highest BCUT2D eigenvalue weighted by atomic mass is 16.5. The van der Waals surface area contributed by atoms with Gasteiger partial charge in [-0.1, -0.05) is 89.8 Å². The van der Waals surface area contributed by atoms with Crippen LogP contribution in [0.15, 0.2) is 24.3 Å². The van der Waals surface area contributed by atoms with Gasteiger partial charge in [-0.3, -0.25) is 4.90 Å². The average molecular weight is 332 g/mol. The summed E-state index contributed by atoms with van der Waals surface area (Å²) < 4.78 is 5.91. The van der Waals surface area contributed by atoms with Gasteiger partial charge in [-0.05, 0) is 18.4 Å². The van der Waals surface area contributed by atoms with Crippen LogP contribution in [-0.2, 0) is 6.54 Å². The molecule has 0 saturated carbocycles. The van der Waals surface area contributed by atoms with E-state index in [0.717, 1.165) is 24.9 Å². The first-order chi connectivity index (χ1) is 11.8. The van der Waals surface area contributed by atoms with Crippen molar-refractivity contribution in [3.05, 3.63) is 29.8 Å². The lowest BCUT2D eigenvalue weighted by atomic mass is 9.91. The van der Waals surface area contributed by atoms with E-state index in [4.69, 9.17) is 4.74 Å². The summed E-state index contributed by atoms with van der Waals surface area (Å²) in [5.74, 6) is 1.98. The van der Waals surface area contributed by atoms with Gasteiger partial charge in [0.1, 0.15) is 12.5 Å². The molecule has 0 amide bonds. The third kappa shape index (κ3) is 6.84. The molecule has 0 aromatic heterocycles. The molecule has 24 heavy (non-hydrogen) atoms. The van der Waals surface area contributed by atoms with E-state index in [2.05, 4.69) is 43.0 Å². The van der Waals surface area contributed by atoms with E-state index in [0.29, 0.717) is 0 Å². The Morgan fingerprint density at radius 1 is 0.917 bits per heavy atom. The van der Waals surface area contributed by atoms with Crippen molar-refractivity contribution in [1.82, 2.24) is 4.90 Å². The Morgan fingerprint density at radius 2 is 1.62 bits per heavy atom. The van der Waals surface area contributed by atoms with Crippen LogP contribution in [0.4, 0.5) is 0 Å². The van der Waals surface area contributed by atoms with Crippen LogP contribution in [0.3, 0.4) is 0 Å². The number of unbranched alkanes of at least 4 members (excludes halogenated alkanes) is 5. The van der Waals surface area contributed by atoms with Gasteiger partial charge >= 0.3 is 0 Å². The Balaban J connectivity index is 1.74. The lowest BCUT2D eigenvalue weighted by Crippen LogP contribution is -2.33. The monoisotopic (exact) mass is 331 g/mol. The summed E-state index contributed by atoms with van der Waals surface area (Å²) in [6.07, 6.45) is 13.9. The van der Waals surface area contributed by atoms with Crippen molar-refractivity contribution < 1.29 is 4.74 Å². The van der Waals surface area contributed by atoms with Gasteiger partial charge in [0.25, 0.3) is 0 Å². The van der Waals surface area contributed by atoms with Gasteiger partial charge in [0.2, 0.25) is 0 Å². The minimum absolute atomic E-state index is 0.758. The lowest BCUT2D eigenvalue weighted by Gasteiger charge is -2.30. The standard InChI is InChI=1S/C22H37NO/c1-3-5-7-9-13-20(12-8-6-4-2)16-17-23-18-21-14-10-11-15-22(21)24-19-23/h10-11,14-15,20H,3-9,12-13,16-19H2,1-2H3. The van der Waals surface area contributed by atoms with E-state index in [1.807, 2.05) is 0 Å². The zero-order chi connectivity index (χ0) is 17.0. The van der Waals surface area contributed by atoms with Gasteiger partial charge in [0, 0.05) is 18.7 Å². The quantitative estimate of drug-likeness (QED) is 0.411. The maximum absolute atomic E-state index is 5.91. The van der Waals surface area contributed by atoms with Gasteiger partial charge in [-0.25, -0.2) is 0 Å². The van der Waals surface area contributed by atoms with Crippen LogP contribution in [0.1, 0.15) is 83.6 Å². The Morgan fingerprint density at radius 3 is 2.42 bits per heavy atom. The predicted molar refractivity (Wildman–Crippen MR) is 103 cm³/mol. The molecule has 136 valence electrons. The second-order valence-electron chi connectivity index (χ2n) is 7.43. The maximum atomic E-state index is 5.91. The highest BCUT2D eigenvalue weighted by molar-refractivity contribution is 5.34. The molecule has 2 rings (SSSR count). The molecule has 1 aliphatic rings. The number of ether oxygens (including phenoxy) is 1. The van der Waals surface area contributed by atoms with E-state index >= 15 is 0 Å². The summed E-state index contributed by atoms with van der Waals surface area (Å²) >= 11 is 0. The third-order valence-electron chi connectivity index (χ3n) is 5.30. The first-order valence-corrected chi connectivity index (χ1v) is 10.3. The number of para-hydroxylation sites is 1. The van der Waals surface area contributed by atoms with Gasteiger partial charge in [-0.2, -0.15) is 0 Å². The summed E-state index contributed by atoms with van der Waals surface area (Å²) in [5.41, 5.74) is 1.34. The summed E-state index contributed by atoms with van der Waals surface area (Å²) in [5, 5.41) is 0. The predicted octanol–water partition coefficient (Wildman–Crippen LogP) is 6.40. The minimum Gasteiger partial charge on any atom is -0.478 e. The minimum atomic E-state index is 0.758. The van der Waals surface area contributed by atoms with Crippen LogP contribution in [0.5, 0.6) is 5.75 Å². The molecule has 0 bridgehead atoms. The van der Waals surface area contributed by atoms with Crippen LogP contribution in [0.2, 0.25) is 0 Å². The Labute approximate surface area is 149 Å². The molecule has 0 spiro atoms. The lowest BCUT2D eigenvalue weighted by molar-refractivity contribution is 0.0881. The second kappa shape index (κ2) is 11.5. The molecule has 1 aliphatic heterocycles. The fourth-order valence-corrected chi connectivity index (χ4v) is 3.71. The van der Waals surface area contributed by atoms with E-state index in [9.17, 15) is 0 Å². The molecule has 0 saturated heterocycles. The van der Waals surface area contributed by atoms with Crippen molar-refractivity contribution in [2.24, 2.45) is 5.92 Å². The molecule has 1 aromatic carbocycles. The number of fused-ring (bicyclic) bond motifs is 1. The summed E-state index contributed by atoms with van der Waals surface area (Å²) in [6.45, 7) is 7.59. The Bertz CT molecular complexity index is 445. The van der Waals surface area contributed by atoms with Crippen LogP contribution in [-0.4, -0.2) is 18.2 Å². The van der Waals surface area contributed by atoms with E-state index in [-0.39, 0.29) is 0 Å². The Kier molecular flexibility index (Phi) is 9.27. The van der Waals surface area contributed by atoms with Crippen LogP contribution in [0.25, 0.3) is 0 Å². The van der Waals surface area contributed by atoms with Gasteiger partial charge < -0.3 is 4.74 Å². The van der Waals surface area contributed by atoms with Crippen molar-refractivity contribution in [2.75, 3.05) is 13.3 Å². The summed E-state index contributed by atoms with van der Waals surface area (Å²) in [7, 11) is 0. The molecule has 0 radical (unpaired) electrons. The molecule has 0 fully saturated rings. The topological polar surface area (TPSA) is 12.5 Å². The highest BCUT2D eigenvalue weighted by Crippen LogP contribution is 2.26. The average Bonchev–Trinajstić information content (AvgIpc) is 2.62. The third-order valence-corrected chi connectivity index (χ3v) is 5.30. The number of hydrogen-bond acceptors (Lipinski definition) is 2. The van der Waals surface area contributed by atoms with Crippen molar-refractivity contribution in [3.63, 3.8) is 0 Å². The van der Waals surface area contributed by atoms with E-state index in [1.54, 1.807) is 0 Å². The number of nitrogens with zero attached hydrogens (tertiary/aromatic N) is 1. The number of benzene rings is 1. The van der Waals surface area contributed by atoms with Crippen LogP contribution < -0.4 is 4.74 Å². The van der Waals surface area contributed by atoms with Crippen LogP contribution >= 0.6 is 0 Å². The molecule has 1 aromatic rings. The largest absolute Gasteiger partial charge is 0.478 e. The van der Waals surface area contributed by atoms with Crippen molar-refractivity contribution in [2.45, 2.75) is 84.6 Å². The fourth-order valence-electron chi connectivity index (χ4n) is 3.71. The van der Waals surface area contributed by atoms with E-state index in [1.165, 1.54) is 76.3 Å². The zero-order valence-electron chi connectivity index (χ0n) is 15.9. The molecule has 0 aliphatic carbocycles. The first kappa shape index (κ1) is 19.3.